The van der Waals surface area contributed by atoms with Gasteiger partial charge in [0.2, 0.25) is 0 Å². The van der Waals surface area contributed by atoms with Gasteiger partial charge in [-0.2, -0.15) is 17.0 Å². The van der Waals surface area contributed by atoms with Crippen LogP contribution in [0.2, 0.25) is 0 Å². The van der Waals surface area contributed by atoms with E-state index >= 15 is 0 Å². The van der Waals surface area contributed by atoms with Crippen LogP contribution in [-0.2, 0) is 10.2 Å². The molecule has 1 aliphatic heterocycles. The molecule has 6 heteroatoms. The fourth-order valence-corrected chi connectivity index (χ4v) is 4.20. The minimum Gasteiger partial charge on any atom is -0.314 e. The summed E-state index contributed by atoms with van der Waals surface area (Å²) in [5.41, 5.74) is 0. The summed E-state index contributed by atoms with van der Waals surface area (Å²) in [6, 6.07) is 0.499. The van der Waals surface area contributed by atoms with Crippen molar-refractivity contribution in [1.29, 1.82) is 0 Å². The third-order valence-corrected chi connectivity index (χ3v) is 6.27. The molecule has 0 aromatic rings. The Morgan fingerprint density at radius 3 is 2.55 bits per heavy atom. The van der Waals surface area contributed by atoms with Crippen molar-refractivity contribution < 1.29 is 8.42 Å². The summed E-state index contributed by atoms with van der Waals surface area (Å²) < 4.78 is 28.4. The Kier molecular flexibility index (Phi) is 6.91. The van der Waals surface area contributed by atoms with Crippen molar-refractivity contribution in [3.63, 3.8) is 0 Å². The van der Waals surface area contributed by atoms with E-state index in [0.717, 1.165) is 25.8 Å². The first kappa shape index (κ1) is 17.9. The second-order valence-corrected chi connectivity index (χ2v) is 8.20. The van der Waals surface area contributed by atoms with Crippen molar-refractivity contribution in [2.24, 2.45) is 5.92 Å². The monoisotopic (exact) mass is 305 g/mol. The smallest absolute Gasteiger partial charge is 0.281 e. The zero-order valence-corrected chi connectivity index (χ0v) is 14.4. The van der Waals surface area contributed by atoms with Crippen LogP contribution in [0.1, 0.15) is 47.0 Å². The average molecular weight is 305 g/mol. The van der Waals surface area contributed by atoms with Gasteiger partial charge in [-0.15, -0.1) is 0 Å². The lowest BCUT2D eigenvalue weighted by molar-refractivity contribution is 0.236. The van der Waals surface area contributed by atoms with Crippen LogP contribution in [-0.4, -0.2) is 55.8 Å². The van der Waals surface area contributed by atoms with E-state index in [2.05, 4.69) is 19.2 Å². The lowest BCUT2D eigenvalue weighted by Crippen LogP contribution is -2.50. The summed E-state index contributed by atoms with van der Waals surface area (Å²) >= 11 is 0. The van der Waals surface area contributed by atoms with Gasteiger partial charge in [0.15, 0.2) is 0 Å². The van der Waals surface area contributed by atoms with E-state index in [1.54, 1.807) is 11.4 Å². The molecule has 0 spiro atoms. The third-order valence-electron chi connectivity index (χ3n) is 4.20. The third kappa shape index (κ3) is 4.69. The first-order chi connectivity index (χ1) is 9.28. The summed E-state index contributed by atoms with van der Waals surface area (Å²) in [5.74, 6) is 0.422. The molecule has 1 heterocycles. The Hall–Kier alpha value is -0.170. The van der Waals surface area contributed by atoms with Crippen molar-refractivity contribution in [2.45, 2.75) is 59.0 Å². The molecule has 0 aromatic heterocycles. The molecule has 0 aliphatic carbocycles. The fraction of sp³-hybridized carbons (Fsp3) is 1.00. The van der Waals surface area contributed by atoms with Crippen LogP contribution in [0, 0.1) is 5.92 Å². The van der Waals surface area contributed by atoms with Crippen molar-refractivity contribution in [2.75, 3.05) is 26.7 Å². The largest absolute Gasteiger partial charge is 0.314 e. The Morgan fingerprint density at radius 2 is 2.00 bits per heavy atom. The molecular formula is C14H31N3O2S. The topological polar surface area (TPSA) is 52.7 Å². The zero-order chi connectivity index (χ0) is 15.3. The molecule has 5 nitrogen and oxygen atoms in total. The molecule has 1 rings (SSSR count). The minimum absolute atomic E-state index is 0.0502. The van der Waals surface area contributed by atoms with Crippen LogP contribution in [0.25, 0.3) is 0 Å². The highest BCUT2D eigenvalue weighted by Gasteiger charge is 2.33. The SMILES string of the molecule is CCC(C)N(C)S(=O)(=O)N1CCCC(CNC(C)C)C1. The molecule has 2 atom stereocenters. The Labute approximate surface area is 124 Å². The van der Waals surface area contributed by atoms with Crippen molar-refractivity contribution in [3.05, 3.63) is 0 Å². The van der Waals surface area contributed by atoms with E-state index in [4.69, 9.17) is 0 Å². The fourth-order valence-electron chi connectivity index (χ4n) is 2.47. The van der Waals surface area contributed by atoms with Gasteiger partial charge in [-0.1, -0.05) is 20.8 Å². The van der Waals surface area contributed by atoms with Gasteiger partial charge in [0.25, 0.3) is 10.2 Å². The van der Waals surface area contributed by atoms with E-state index in [0.29, 0.717) is 25.0 Å². The Morgan fingerprint density at radius 1 is 1.35 bits per heavy atom. The second kappa shape index (κ2) is 7.73. The highest BCUT2D eigenvalue weighted by Crippen LogP contribution is 2.21. The summed E-state index contributed by atoms with van der Waals surface area (Å²) in [6.07, 6.45) is 2.90. The van der Waals surface area contributed by atoms with Crippen LogP contribution in [0.15, 0.2) is 0 Å². The summed E-state index contributed by atoms with van der Waals surface area (Å²) in [5, 5.41) is 3.42. The van der Waals surface area contributed by atoms with Gasteiger partial charge in [-0.3, -0.25) is 0 Å². The highest BCUT2D eigenvalue weighted by atomic mass is 32.2. The molecule has 0 bridgehead atoms. The molecule has 0 saturated carbocycles. The lowest BCUT2D eigenvalue weighted by atomic mass is 9.99. The van der Waals surface area contributed by atoms with Crippen LogP contribution in [0.3, 0.4) is 0 Å². The number of hydrogen-bond acceptors (Lipinski definition) is 3. The van der Waals surface area contributed by atoms with E-state index < -0.39 is 10.2 Å². The molecule has 120 valence electrons. The van der Waals surface area contributed by atoms with Gasteiger partial charge >= 0.3 is 0 Å². The minimum atomic E-state index is -3.31. The summed E-state index contributed by atoms with van der Waals surface area (Å²) in [6.45, 7) is 10.4. The molecule has 1 N–H and O–H groups in total. The lowest BCUT2D eigenvalue weighted by Gasteiger charge is -2.36. The molecule has 0 aromatic carbocycles. The van der Waals surface area contributed by atoms with Crippen LogP contribution in [0.5, 0.6) is 0 Å². The quantitative estimate of drug-likeness (QED) is 0.778. The standard InChI is InChI=1S/C14H31N3O2S/c1-6-13(4)16(5)20(18,19)17-9-7-8-14(11-17)10-15-12(2)3/h12-15H,6-11H2,1-5H3. The van der Waals surface area contributed by atoms with Gasteiger partial charge in [-0.05, 0) is 38.6 Å². The molecule has 0 amide bonds. The normalized spacial score (nSPS) is 23.4. The number of hydrogen-bond donors (Lipinski definition) is 1. The van der Waals surface area contributed by atoms with Crippen LogP contribution < -0.4 is 5.32 Å². The van der Waals surface area contributed by atoms with Crippen LogP contribution in [0.4, 0.5) is 0 Å². The van der Waals surface area contributed by atoms with E-state index in [1.165, 1.54) is 4.31 Å². The maximum atomic E-state index is 12.6. The predicted octanol–water partition coefficient (Wildman–Crippen LogP) is 1.67. The maximum absolute atomic E-state index is 12.6. The predicted molar refractivity (Wildman–Crippen MR) is 83.9 cm³/mol. The van der Waals surface area contributed by atoms with E-state index in [9.17, 15) is 8.42 Å². The molecule has 20 heavy (non-hydrogen) atoms. The average Bonchev–Trinajstić information content (AvgIpc) is 2.43. The van der Waals surface area contributed by atoms with Crippen molar-refractivity contribution >= 4 is 10.2 Å². The van der Waals surface area contributed by atoms with E-state index in [-0.39, 0.29) is 6.04 Å². The van der Waals surface area contributed by atoms with Gasteiger partial charge in [-0.25, -0.2) is 0 Å². The molecule has 0 radical (unpaired) electrons. The highest BCUT2D eigenvalue weighted by molar-refractivity contribution is 7.86. The first-order valence-corrected chi connectivity index (χ1v) is 9.15. The number of nitrogens with zero attached hydrogens (tertiary/aromatic N) is 2. The first-order valence-electron chi connectivity index (χ1n) is 7.75. The number of piperidine rings is 1. The molecular weight excluding hydrogens is 274 g/mol. The van der Waals surface area contributed by atoms with Crippen molar-refractivity contribution in [1.82, 2.24) is 13.9 Å². The molecule has 2 unspecified atom stereocenters. The summed E-state index contributed by atoms with van der Waals surface area (Å²) in [7, 11) is -1.61. The molecule has 1 saturated heterocycles. The maximum Gasteiger partial charge on any atom is 0.281 e. The number of nitrogens with one attached hydrogen (secondary N) is 1. The summed E-state index contributed by atoms with van der Waals surface area (Å²) in [4.78, 5) is 0. The van der Waals surface area contributed by atoms with Crippen LogP contribution >= 0.6 is 0 Å². The van der Waals surface area contributed by atoms with Crippen molar-refractivity contribution in [3.8, 4) is 0 Å². The molecule has 1 aliphatic rings. The zero-order valence-electron chi connectivity index (χ0n) is 13.6. The van der Waals surface area contributed by atoms with E-state index in [1.807, 2.05) is 13.8 Å². The molecule has 1 fully saturated rings. The van der Waals surface area contributed by atoms with Gasteiger partial charge in [0, 0.05) is 32.2 Å². The number of rotatable bonds is 7. The van der Waals surface area contributed by atoms with Gasteiger partial charge in [0.05, 0.1) is 0 Å². The van der Waals surface area contributed by atoms with Gasteiger partial charge < -0.3 is 5.32 Å². The Balaban J connectivity index is 2.65. The Bertz CT molecular complexity index is 384. The second-order valence-electron chi connectivity index (χ2n) is 6.21. The van der Waals surface area contributed by atoms with Gasteiger partial charge in [0.1, 0.15) is 0 Å².